The molecule has 3 heteroatoms. The van der Waals surface area contributed by atoms with Crippen molar-refractivity contribution >= 4 is 0 Å². The van der Waals surface area contributed by atoms with Crippen LogP contribution in [0.1, 0.15) is 46.0 Å². The topological polar surface area (TPSA) is 41.5 Å². The maximum absolute atomic E-state index is 9.81. The molecule has 2 atom stereocenters. The van der Waals surface area contributed by atoms with Gasteiger partial charge >= 0.3 is 0 Å². The first kappa shape index (κ1) is 11.4. The van der Waals surface area contributed by atoms with Crippen LogP contribution < -0.4 is 5.32 Å². The molecule has 2 aliphatic rings. The lowest BCUT2D eigenvalue weighted by molar-refractivity contribution is -0.0342. The number of hydrogen-bond donors (Lipinski definition) is 2. The van der Waals surface area contributed by atoms with Crippen molar-refractivity contribution in [2.24, 2.45) is 0 Å². The smallest absolute Gasteiger partial charge is 0.0689 e. The third-order valence-electron chi connectivity index (χ3n) is 3.31. The average Bonchev–Trinajstić information content (AvgIpc) is 2.89. The highest BCUT2D eigenvalue weighted by Crippen LogP contribution is 2.31. The number of hydrogen-bond acceptors (Lipinski definition) is 3. The Hall–Kier alpha value is -0.120. The average molecular weight is 213 g/mol. The Labute approximate surface area is 92.2 Å². The number of aliphatic hydroxyl groups excluding tert-OH is 1. The van der Waals surface area contributed by atoms with E-state index in [0.29, 0.717) is 6.04 Å². The first-order chi connectivity index (χ1) is 7.05. The molecule has 0 amide bonds. The van der Waals surface area contributed by atoms with Crippen LogP contribution in [0.5, 0.6) is 0 Å². The van der Waals surface area contributed by atoms with E-state index < -0.39 is 0 Å². The number of nitrogens with one attached hydrogen (secondary N) is 1. The van der Waals surface area contributed by atoms with E-state index in [0.717, 1.165) is 25.8 Å². The largest absolute Gasteiger partial charge is 0.392 e. The minimum absolute atomic E-state index is 0.0221. The third kappa shape index (κ3) is 3.74. The van der Waals surface area contributed by atoms with Crippen molar-refractivity contribution in [3.05, 3.63) is 0 Å². The van der Waals surface area contributed by atoms with Crippen LogP contribution >= 0.6 is 0 Å². The van der Waals surface area contributed by atoms with Crippen LogP contribution in [-0.4, -0.2) is 35.5 Å². The van der Waals surface area contributed by atoms with Crippen LogP contribution in [0.25, 0.3) is 0 Å². The van der Waals surface area contributed by atoms with E-state index in [-0.39, 0.29) is 17.8 Å². The minimum Gasteiger partial charge on any atom is -0.392 e. The van der Waals surface area contributed by atoms with Crippen molar-refractivity contribution in [3.8, 4) is 0 Å². The fourth-order valence-corrected chi connectivity index (χ4v) is 2.22. The van der Waals surface area contributed by atoms with Crippen molar-refractivity contribution in [3.63, 3.8) is 0 Å². The van der Waals surface area contributed by atoms with E-state index in [2.05, 4.69) is 19.2 Å². The molecule has 15 heavy (non-hydrogen) atoms. The Morgan fingerprint density at radius 1 is 1.40 bits per heavy atom. The van der Waals surface area contributed by atoms with Gasteiger partial charge in [-0.2, -0.15) is 0 Å². The lowest BCUT2D eigenvalue weighted by atomic mass is 10.0. The summed E-state index contributed by atoms with van der Waals surface area (Å²) >= 11 is 0. The van der Waals surface area contributed by atoms with Crippen LogP contribution in [0.3, 0.4) is 0 Å². The predicted molar refractivity (Wildman–Crippen MR) is 59.8 cm³/mol. The lowest BCUT2D eigenvalue weighted by Crippen LogP contribution is -2.32. The Kier molecular flexibility index (Phi) is 3.33. The van der Waals surface area contributed by atoms with Crippen molar-refractivity contribution in [1.29, 1.82) is 0 Å². The molecule has 88 valence electrons. The van der Waals surface area contributed by atoms with Gasteiger partial charge < -0.3 is 15.2 Å². The van der Waals surface area contributed by atoms with Gasteiger partial charge in [0.05, 0.1) is 17.8 Å². The predicted octanol–water partition coefficient (Wildman–Crippen LogP) is 1.45. The van der Waals surface area contributed by atoms with E-state index in [4.69, 9.17) is 4.74 Å². The van der Waals surface area contributed by atoms with Crippen LogP contribution in [0.4, 0.5) is 0 Å². The highest BCUT2D eigenvalue weighted by Gasteiger charge is 2.32. The Bertz CT molecular complexity index is 214. The maximum Gasteiger partial charge on any atom is 0.0689 e. The van der Waals surface area contributed by atoms with Gasteiger partial charge in [0.2, 0.25) is 0 Å². The lowest BCUT2D eigenvalue weighted by Gasteiger charge is -2.21. The third-order valence-corrected chi connectivity index (χ3v) is 3.31. The number of rotatable bonds is 5. The second-order valence-electron chi connectivity index (χ2n) is 5.61. The molecule has 2 fully saturated rings. The molecule has 0 spiro atoms. The van der Waals surface area contributed by atoms with Crippen LogP contribution in [0.15, 0.2) is 0 Å². The summed E-state index contributed by atoms with van der Waals surface area (Å²) in [5.41, 5.74) is 0.0221. The van der Waals surface area contributed by atoms with Crippen molar-refractivity contribution in [2.75, 3.05) is 6.54 Å². The Morgan fingerprint density at radius 2 is 2.13 bits per heavy atom. The van der Waals surface area contributed by atoms with Crippen LogP contribution in [0.2, 0.25) is 0 Å². The molecule has 0 aromatic rings. The number of ether oxygens (including phenoxy) is 1. The van der Waals surface area contributed by atoms with Gasteiger partial charge in [-0.15, -0.1) is 0 Å². The quantitative estimate of drug-likeness (QED) is 0.726. The van der Waals surface area contributed by atoms with Gasteiger partial charge in [-0.25, -0.2) is 0 Å². The molecule has 2 unspecified atom stereocenters. The first-order valence-corrected chi connectivity index (χ1v) is 6.14. The normalized spacial score (nSPS) is 31.8. The molecule has 0 aromatic carbocycles. The molecule has 1 saturated carbocycles. The van der Waals surface area contributed by atoms with Gasteiger partial charge in [-0.3, -0.25) is 0 Å². The SMILES string of the molecule is CC1(C)CCC(CC(O)CNC2CC2)O1. The van der Waals surface area contributed by atoms with Crippen LogP contribution in [-0.2, 0) is 4.74 Å². The molecule has 0 bridgehead atoms. The Balaban J connectivity index is 1.63. The molecule has 0 aromatic heterocycles. The van der Waals surface area contributed by atoms with E-state index >= 15 is 0 Å². The van der Waals surface area contributed by atoms with Gasteiger partial charge in [0.15, 0.2) is 0 Å². The molecule has 1 aliphatic heterocycles. The number of aliphatic hydroxyl groups is 1. The fourth-order valence-electron chi connectivity index (χ4n) is 2.22. The summed E-state index contributed by atoms with van der Waals surface area (Å²) in [6.07, 6.45) is 5.55. The molecule has 3 nitrogen and oxygen atoms in total. The van der Waals surface area contributed by atoms with Crippen molar-refractivity contribution < 1.29 is 9.84 Å². The van der Waals surface area contributed by atoms with Gasteiger partial charge in [0.25, 0.3) is 0 Å². The van der Waals surface area contributed by atoms with Crippen molar-refractivity contribution in [2.45, 2.75) is 69.8 Å². The maximum atomic E-state index is 9.81. The summed E-state index contributed by atoms with van der Waals surface area (Å²) in [5.74, 6) is 0. The molecule has 0 radical (unpaired) electrons. The van der Waals surface area contributed by atoms with E-state index in [1.165, 1.54) is 12.8 Å². The molecular formula is C12H23NO2. The van der Waals surface area contributed by atoms with Gasteiger partial charge in [0, 0.05) is 19.0 Å². The summed E-state index contributed by atoms with van der Waals surface area (Å²) < 4.78 is 5.85. The summed E-state index contributed by atoms with van der Waals surface area (Å²) in [5, 5.41) is 13.2. The Morgan fingerprint density at radius 3 is 2.67 bits per heavy atom. The highest BCUT2D eigenvalue weighted by atomic mass is 16.5. The first-order valence-electron chi connectivity index (χ1n) is 6.14. The molecule has 1 saturated heterocycles. The van der Waals surface area contributed by atoms with Crippen LogP contribution in [0, 0.1) is 0 Å². The summed E-state index contributed by atoms with van der Waals surface area (Å²) in [6, 6.07) is 0.681. The van der Waals surface area contributed by atoms with E-state index in [9.17, 15) is 5.11 Å². The zero-order valence-corrected chi connectivity index (χ0v) is 9.83. The molecular weight excluding hydrogens is 190 g/mol. The summed E-state index contributed by atoms with van der Waals surface area (Å²) in [7, 11) is 0. The second-order valence-corrected chi connectivity index (χ2v) is 5.61. The summed E-state index contributed by atoms with van der Waals surface area (Å²) in [4.78, 5) is 0. The van der Waals surface area contributed by atoms with E-state index in [1.54, 1.807) is 0 Å². The van der Waals surface area contributed by atoms with E-state index in [1.807, 2.05) is 0 Å². The zero-order valence-electron chi connectivity index (χ0n) is 9.83. The van der Waals surface area contributed by atoms with Crippen molar-refractivity contribution in [1.82, 2.24) is 5.32 Å². The van der Waals surface area contributed by atoms with Gasteiger partial charge in [-0.1, -0.05) is 0 Å². The molecule has 2 rings (SSSR count). The second kappa shape index (κ2) is 4.40. The van der Waals surface area contributed by atoms with Gasteiger partial charge in [0.1, 0.15) is 0 Å². The summed E-state index contributed by atoms with van der Waals surface area (Å²) in [6.45, 7) is 4.98. The zero-order chi connectivity index (χ0) is 10.9. The minimum atomic E-state index is -0.246. The fraction of sp³-hybridized carbons (Fsp3) is 1.00. The molecule has 2 N–H and O–H groups in total. The monoisotopic (exact) mass is 213 g/mol. The molecule has 1 heterocycles. The highest BCUT2D eigenvalue weighted by molar-refractivity contribution is 4.85. The molecule has 1 aliphatic carbocycles. The van der Waals surface area contributed by atoms with Gasteiger partial charge in [-0.05, 0) is 39.5 Å². The standard InChI is InChI=1S/C12H23NO2/c1-12(2)6-5-11(15-12)7-10(14)8-13-9-3-4-9/h9-11,13-14H,3-8H2,1-2H3.